The third kappa shape index (κ3) is 7.12. The van der Waals surface area contributed by atoms with E-state index in [1.54, 1.807) is 0 Å². The Hall–Kier alpha value is -4.31. The number of aliphatic hydroxyl groups excluding tert-OH is 1. The average molecular weight is 855 g/mol. The summed E-state index contributed by atoms with van der Waals surface area (Å²) in [6.07, 6.45) is 6.80. The molecule has 0 saturated heterocycles. The Labute approximate surface area is 316 Å². The number of allylic oxidation sites excluding steroid dienone is 2. The number of carbonyl (C=O) groups excluding carboxylic acids is 1. The van der Waals surface area contributed by atoms with E-state index in [2.05, 4.69) is 93.6 Å². The van der Waals surface area contributed by atoms with E-state index >= 15 is 0 Å². The van der Waals surface area contributed by atoms with E-state index in [0.717, 1.165) is 70.2 Å². The minimum atomic E-state index is -0.158. The van der Waals surface area contributed by atoms with Crippen molar-refractivity contribution in [3.8, 4) is 33.7 Å². The first-order valence-corrected chi connectivity index (χ1v) is 18.1. The third-order valence-corrected chi connectivity index (χ3v) is 10.7. The van der Waals surface area contributed by atoms with Gasteiger partial charge in [0.1, 0.15) is 11.3 Å². The molecule has 265 valence electrons. The summed E-state index contributed by atoms with van der Waals surface area (Å²) in [5.74, 6) is 1.45. The van der Waals surface area contributed by atoms with Crippen molar-refractivity contribution in [1.82, 2.24) is 4.98 Å². The molecule has 0 bridgehead atoms. The van der Waals surface area contributed by atoms with E-state index in [0.29, 0.717) is 0 Å². The molecule has 4 aromatic carbocycles. The molecule has 1 aliphatic rings. The van der Waals surface area contributed by atoms with Crippen LogP contribution in [0.4, 0.5) is 0 Å². The van der Waals surface area contributed by atoms with E-state index in [9.17, 15) is 9.90 Å². The van der Waals surface area contributed by atoms with Gasteiger partial charge in [0.15, 0.2) is 5.78 Å². The summed E-state index contributed by atoms with van der Waals surface area (Å²) in [5, 5.41) is 13.3. The summed E-state index contributed by atoms with van der Waals surface area (Å²) in [5.41, 5.74) is 10.2. The topological polar surface area (TPSA) is 63.3 Å². The van der Waals surface area contributed by atoms with Crippen LogP contribution in [0, 0.1) is 24.8 Å². The van der Waals surface area contributed by atoms with Crippen LogP contribution < -0.4 is 0 Å². The second-order valence-corrected chi connectivity index (χ2v) is 13.9. The maximum Gasteiger partial charge on any atom is 0.162 e. The molecule has 4 nitrogen and oxygen atoms in total. The molecule has 0 fully saturated rings. The van der Waals surface area contributed by atoms with Crippen molar-refractivity contribution in [2.45, 2.75) is 79.6 Å². The van der Waals surface area contributed by atoms with Gasteiger partial charge < -0.3 is 9.52 Å². The van der Waals surface area contributed by atoms with Crippen molar-refractivity contribution in [1.29, 1.82) is 0 Å². The number of aryl methyl sites for hydroxylation is 1. The van der Waals surface area contributed by atoms with Gasteiger partial charge in [0.05, 0.1) is 5.76 Å². The normalized spacial score (nSPS) is 13.2. The van der Waals surface area contributed by atoms with Crippen LogP contribution in [-0.4, -0.2) is 15.9 Å². The molecule has 5 heteroatoms. The van der Waals surface area contributed by atoms with E-state index in [-0.39, 0.29) is 48.9 Å². The second-order valence-electron chi connectivity index (χ2n) is 13.9. The SMILES string of the molecule is CCC(CC)C(=O)/C=C(\O)C(CC)CC.Cc1c(-c2ccnc(-c3[c-]c4ccccc4c4c3C(C)(C)c3ccccc3-4)c2)oc2ccccc12.[Ir]. The fraction of sp³-hybridized carbons (Fsp3) is 0.304. The predicted octanol–water partition coefficient (Wildman–Crippen LogP) is 12.6. The van der Waals surface area contributed by atoms with Crippen molar-refractivity contribution in [2.75, 3.05) is 0 Å². The number of benzene rings is 4. The Morgan fingerprint density at radius 2 is 1.49 bits per heavy atom. The Morgan fingerprint density at radius 1 is 0.863 bits per heavy atom. The fourth-order valence-corrected chi connectivity index (χ4v) is 7.68. The number of para-hydroxylation sites is 1. The van der Waals surface area contributed by atoms with Crippen molar-refractivity contribution in [3.05, 3.63) is 126 Å². The number of hydrogen-bond donors (Lipinski definition) is 1. The molecule has 0 saturated carbocycles. The first kappa shape index (κ1) is 37.9. The largest absolute Gasteiger partial charge is 0.512 e. The molecule has 0 unspecified atom stereocenters. The number of aromatic nitrogens is 1. The van der Waals surface area contributed by atoms with Gasteiger partial charge in [0.25, 0.3) is 0 Å². The molecule has 2 aromatic heterocycles. The molecule has 1 aliphatic carbocycles. The van der Waals surface area contributed by atoms with E-state index in [4.69, 9.17) is 9.40 Å². The molecule has 51 heavy (non-hydrogen) atoms. The van der Waals surface area contributed by atoms with Gasteiger partial charge in [0.2, 0.25) is 0 Å². The molecule has 1 N–H and O–H groups in total. The van der Waals surface area contributed by atoms with Gasteiger partial charge in [-0.3, -0.25) is 9.78 Å². The number of furan rings is 1. The number of pyridine rings is 1. The summed E-state index contributed by atoms with van der Waals surface area (Å²) in [4.78, 5) is 16.6. The molecule has 6 aromatic rings. The number of carbonyl (C=O) groups is 1. The van der Waals surface area contributed by atoms with Gasteiger partial charge in [-0.15, -0.1) is 17.5 Å². The maximum absolute atomic E-state index is 11.7. The second kappa shape index (κ2) is 15.9. The number of nitrogens with zero attached hydrogens (tertiary/aromatic N) is 1. The molecule has 2 heterocycles. The standard InChI is InChI=1S/C33H24NO.C13H24O2.Ir/c1-20-23-11-7-9-15-29(23)35-32(20)22-16-17-34-28(19-22)26-18-21-10-4-5-12-24(21)30-25-13-6-8-14-27(25)33(2,3)31(26)30;1-5-10(6-2)12(14)9-13(15)11(7-3)8-4;/h4-17,19H,1-3H3;9-11,14H,5-8H2,1-4H3;/q-1;;/b;12-9-;. The number of ketones is 1. The summed E-state index contributed by atoms with van der Waals surface area (Å²) < 4.78 is 6.29. The monoisotopic (exact) mass is 855 g/mol. The van der Waals surface area contributed by atoms with Crippen molar-refractivity contribution in [2.24, 2.45) is 11.8 Å². The quantitative estimate of drug-likeness (QED) is 0.0894. The summed E-state index contributed by atoms with van der Waals surface area (Å²) >= 11 is 0. The molecule has 0 amide bonds. The van der Waals surface area contributed by atoms with Gasteiger partial charge in [0, 0.05) is 66.4 Å². The van der Waals surface area contributed by atoms with Gasteiger partial charge in [-0.05, 0) is 61.3 Å². The molecule has 7 rings (SSSR count). The zero-order valence-electron chi connectivity index (χ0n) is 30.8. The Morgan fingerprint density at radius 3 is 2.18 bits per heavy atom. The summed E-state index contributed by atoms with van der Waals surface area (Å²) in [6, 6.07) is 33.5. The van der Waals surface area contributed by atoms with Gasteiger partial charge in [-0.1, -0.05) is 130 Å². The van der Waals surface area contributed by atoms with Crippen molar-refractivity contribution < 1.29 is 34.4 Å². The predicted molar refractivity (Wildman–Crippen MR) is 207 cm³/mol. The third-order valence-electron chi connectivity index (χ3n) is 10.7. The molecule has 1 radical (unpaired) electrons. The first-order valence-electron chi connectivity index (χ1n) is 18.1. The van der Waals surface area contributed by atoms with E-state index in [1.807, 2.05) is 52.1 Å². The Balaban J connectivity index is 0.000000271. The minimum Gasteiger partial charge on any atom is -0.512 e. The van der Waals surface area contributed by atoms with E-state index < -0.39 is 0 Å². The van der Waals surface area contributed by atoms with Crippen LogP contribution in [0.3, 0.4) is 0 Å². The van der Waals surface area contributed by atoms with Crippen molar-refractivity contribution in [3.63, 3.8) is 0 Å². The van der Waals surface area contributed by atoms with Crippen LogP contribution in [0.1, 0.15) is 83.9 Å². The van der Waals surface area contributed by atoms with E-state index in [1.165, 1.54) is 33.7 Å². The van der Waals surface area contributed by atoms with Gasteiger partial charge >= 0.3 is 0 Å². The zero-order valence-corrected chi connectivity index (χ0v) is 33.2. The first-order chi connectivity index (χ1) is 24.1. The fourth-order valence-electron chi connectivity index (χ4n) is 7.68. The number of hydrogen-bond acceptors (Lipinski definition) is 4. The van der Waals surface area contributed by atoms with Crippen LogP contribution >= 0.6 is 0 Å². The number of rotatable bonds is 9. The minimum absolute atomic E-state index is 0. The summed E-state index contributed by atoms with van der Waals surface area (Å²) in [6.45, 7) is 14.8. The van der Waals surface area contributed by atoms with Gasteiger partial charge in [-0.2, -0.15) is 0 Å². The van der Waals surface area contributed by atoms with Crippen LogP contribution in [0.25, 0.3) is 55.4 Å². The van der Waals surface area contributed by atoms with Crippen LogP contribution in [0.5, 0.6) is 0 Å². The molecule has 0 spiro atoms. The molecule has 0 aliphatic heterocycles. The number of aliphatic hydroxyl groups is 1. The van der Waals surface area contributed by atoms with Crippen LogP contribution in [-0.2, 0) is 30.3 Å². The van der Waals surface area contributed by atoms with Crippen LogP contribution in [0.15, 0.2) is 107 Å². The number of fused-ring (bicyclic) bond motifs is 6. The summed E-state index contributed by atoms with van der Waals surface area (Å²) in [7, 11) is 0. The Bertz CT molecular complexity index is 2200. The average Bonchev–Trinajstić information content (AvgIpc) is 3.60. The molecule has 0 atom stereocenters. The zero-order chi connectivity index (χ0) is 35.6. The van der Waals surface area contributed by atoms with Crippen LogP contribution in [0.2, 0.25) is 0 Å². The Kier molecular flexibility index (Phi) is 11.8. The molecular formula is C46H48IrNO3-. The van der Waals surface area contributed by atoms with Crippen molar-refractivity contribution >= 4 is 27.5 Å². The maximum atomic E-state index is 11.7. The smallest absolute Gasteiger partial charge is 0.162 e. The van der Waals surface area contributed by atoms with Gasteiger partial charge in [-0.25, -0.2) is 0 Å². The molecular weight excluding hydrogens is 807 g/mol.